The molecule has 2 amide bonds. The molecule has 0 aromatic carbocycles. The SMILES string of the molecule is CC(=O)C(CC(=O)O)SSC1CC(=O)N(c2ccc(N)cn2)C1=O. The normalized spacial score (nSPS) is 18.7. The zero-order valence-corrected chi connectivity index (χ0v) is 14.3. The summed E-state index contributed by atoms with van der Waals surface area (Å²) in [5.41, 5.74) is 5.95. The standard InChI is InChI=1S/C14H15N3O5S2/c1-7(18)9(5-13(20)21)23-24-10-4-12(19)17(14(10)22)11-3-2-8(15)6-16-11/h2-3,6,9-10H,4-5,15H2,1H3,(H,20,21). The predicted molar refractivity (Wildman–Crippen MR) is 91.5 cm³/mol. The summed E-state index contributed by atoms with van der Waals surface area (Å²) < 4.78 is 0. The number of aliphatic carboxylic acids is 1. The van der Waals surface area contributed by atoms with Gasteiger partial charge in [0, 0.05) is 6.42 Å². The smallest absolute Gasteiger partial charge is 0.304 e. The molecule has 2 atom stereocenters. The number of amides is 2. The Morgan fingerprint density at radius 3 is 2.71 bits per heavy atom. The van der Waals surface area contributed by atoms with E-state index in [1.54, 1.807) is 0 Å². The molecule has 0 bridgehead atoms. The molecule has 2 heterocycles. The van der Waals surface area contributed by atoms with Crippen LogP contribution in [0, 0.1) is 0 Å². The first-order valence-corrected chi connectivity index (χ1v) is 9.20. The summed E-state index contributed by atoms with van der Waals surface area (Å²) in [6, 6.07) is 3.02. The molecule has 128 valence electrons. The van der Waals surface area contributed by atoms with Crippen LogP contribution in [-0.4, -0.2) is 44.2 Å². The average molecular weight is 369 g/mol. The lowest BCUT2D eigenvalue weighted by molar-refractivity contribution is -0.138. The Balaban J connectivity index is 2.04. The fraction of sp³-hybridized carbons (Fsp3) is 0.357. The van der Waals surface area contributed by atoms with Crippen LogP contribution in [-0.2, 0) is 19.2 Å². The van der Waals surface area contributed by atoms with E-state index < -0.39 is 28.3 Å². The van der Waals surface area contributed by atoms with Gasteiger partial charge in [0.15, 0.2) is 0 Å². The number of hydrogen-bond donors (Lipinski definition) is 2. The number of carboxylic acids is 1. The van der Waals surface area contributed by atoms with Crippen LogP contribution in [0.15, 0.2) is 18.3 Å². The molecule has 2 rings (SSSR count). The quantitative estimate of drug-likeness (QED) is 0.536. The Bertz CT molecular complexity index is 679. The minimum Gasteiger partial charge on any atom is -0.481 e. The number of hydrogen-bond acceptors (Lipinski definition) is 8. The lowest BCUT2D eigenvalue weighted by Crippen LogP contribution is -2.31. The Labute approximate surface area is 145 Å². The van der Waals surface area contributed by atoms with Gasteiger partial charge in [0.25, 0.3) is 0 Å². The molecule has 1 aliphatic rings. The van der Waals surface area contributed by atoms with Gasteiger partial charge in [-0.25, -0.2) is 9.88 Å². The van der Waals surface area contributed by atoms with Crippen LogP contribution in [0.3, 0.4) is 0 Å². The van der Waals surface area contributed by atoms with Crippen molar-refractivity contribution in [3.8, 4) is 0 Å². The number of aromatic nitrogens is 1. The Kier molecular flexibility index (Phi) is 5.84. The van der Waals surface area contributed by atoms with Gasteiger partial charge in [0.1, 0.15) is 16.9 Å². The van der Waals surface area contributed by atoms with Crippen LogP contribution in [0.4, 0.5) is 11.5 Å². The third kappa shape index (κ3) is 4.26. The van der Waals surface area contributed by atoms with Gasteiger partial charge in [0.2, 0.25) is 11.8 Å². The first-order chi connectivity index (χ1) is 11.3. The summed E-state index contributed by atoms with van der Waals surface area (Å²) in [6.07, 6.45) is 0.995. The van der Waals surface area contributed by atoms with Crippen LogP contribution in [0.1, 0.15) is 19.8 Å². The van der Waals surface area contributed by atoms with Crippen molar-refractivity contribution in [2.45, 2.75) is 30.3 Å². The fourth-order valence-electron chi connectivity index (χ4n) is 1.99. The molecule has 0 radical (unpaired) electrons. The lowest BCUT2D eigenvalue weighted by Gasteiger charge is -2.15. The number of carbonyl (C=O) groups is 4. The summed E-state index contributed by atoms with van der Waals surface area (Å²) in [5, 5.41) is 7.36. The van der Waals surface area contributed by atoms with Crippen molar-refractivity contribution in [2.24, 2.45) is 0 Å². The van der Waals surface area contributed by atoms with Crippen molar-refractivity contribution in [1.82, 2.24) is 4.98 Å². The molecule has 3 N–H and O–H groups in total. The molecule has 0 saturated carbocycles. The number of pyridine rings is 1. The zero-order valence-electron chi connectivity index (χ0n) is 12.7. The van der Waals surface area contributed by atoms with Crippen LogP contribution in [0.2, 0.25) is 0 Å². The van der Waals surface area contributed by atoms with Gasteiger partial charge in [-0.1, -0.05) is 21.6 Å². The summed E-state index contributed by atoms with van der Waals surface area (Å²) in [6.45, 7) is 1.30. The third-order valence-electron chi connectivity index (χ3n) is 3.21. The number of nitrogens with two attached hydrogens (primary N) is 1. The Morgan fingerprint density at radius 2 is 2.17 bits per heavy atom. The van der Waals surface area contributed by atoms with Gasteiger partial charge in [-0.15, -0.1) is 0 Å². The van der Waals surface area contributed by atoms with Crippen molar-refractivity contribution >= 4 is 56.7 Å². The number of nitrogen functional groups attached to an aromatic ring is 1. The first kappa shape index (κ1) is 18.3. The molecule has 0 aliphatic carbocycles. The van der Waals surface area contributed by atoms with Gasteiger partial charge < -0.3 is 10.8 Å². The number of nitrogens with zero attached hydrogens (tertiary/aromatic N) is 2. The third-order valence-corrected chi connectivity index (χ3v) is 6.38. The van der Waals surface area contributed by atoms with Crippen LogP contribution >= 0.6 is 21.6 Å². The number of imide groups is 1. The topological polar surface area (TPSA) is 131 Å². The predicted octanol–water partition coefficient (Wildman–Crippen LogP) is 1.11. The van der Waals surface area contributed by atoms with Gasteiger partial charge in [0.05, 0.1) is 23.6 Å². The van der Waals surface area contributed by atoms with E-state index in [4.69, 9.17) is 10.8 Å². The van der Waals surface area contributed by atoms with E-state index in [-0.39, 0.29) is 24.4 Å². The van der Waals surface area contributed by atoms with Crippen molar-refractivity contribution in [2.75, 3.05) is 10.6 Å². The molecule has 0 spiro atoms. The maximum atomic E-state index is 12.4. The van der Waals surface area contributed by atoms with Crippen molar-refractivity contribution in [3.63, 3.8) is 0 Å². The largest absolute Gasteiger partial charge is 0.481 e. The van der Waals surface area contributed by atoms with E-state index >= 15 is 0 Å². The first-order valence-electron chi connectivity index (χ1n) is 6.92. The highest BCUT2D eigenvalue weighted by Gasteiger charge is 2.41. The maximum absolute atomic E-state index is 12.4. The molecule has 24 heavy (non-hydrogen) atoms. The van der Waals surface area contributed by atoms with Crippen molar-refractivity contribution < 1.29 is 24.3 Å². The Morgan fingerprint density at radius 1 is 1.46 bits per heavy atom. The van der Waals surface area contributed by atoms with Gasteiger partial charge >= 0.3 is 5.97 Å². The lowest BCUT2D eigenvalue weighted by atomic mass is 10.2. The van der Waals surface area contributed by atoms with Gasteiger partial charge in [-0.3, -0.25) is 19.2 Å². The highest BCUT2D eigenvalue weighted by molar-refractivity contribution is 8.77. The van der Waals surface area contributed by atoms with E-state index in [0.717, 1.165) is 26.5 Å². The molecule has 1 fully saturated rings. The van der Waals surface area contributed by atoms with Gasteiger partial charge in [-0.05, 0) is 19.1 Å². The summed E-state index contributed by atoms with van der Waals surface area (Å²) >= 11 is 0. The van der Waals surface area contributed by atoms with E-state index in [0.29, 0.717) is 5.69 Å². The molecule has 2 unspecified atom stereocenters. The van der Waals surface area contributed by atoms with Crippen molar-refractivity contribution in [3.05, 3.63) is 18.3 Å². The van der Waals surface area contributed by atoms with Gasteiger partial charge in [-0.2, -0.15) is 0 Å². The van der Waals surface area contributed by atoms with Crippen molar-refractivity contribution in [1.29, 1.82) is 0 Å². The van der Waals surface area contributed by atoms with Crippen LogP contribution in [0.5, 0.6) is 0 Å². The van der Waals surface area contributed by atoms with E-state index in [1.165, 1.54) is 25.3 Å². The van der Waals surface area contributed by atoms with Crippen LogP contribution in [0.25, 0.3) is 0 Å². The molecule has 1 aliphatic heterocycles. The molecule has 1 saturated heterocycles. The highest BCUT2D eigenvalue weighted by atomic mass is 33.1. The summed E-state index contributed by atoms with van der Waals surface area (Å²) in [7, 11) is 2.05. The Hall–Kier alpha value is -2.07. The number of rotatable bonds is 7. The second-order valence-corrected chi connectivity index (χ2v) is 7.78. The van der Waals surface area contributed by atoms with E-state index in [9.17, 15) is 19.2 Å². The van der Waals surface area contributed by atoms with Crippen LogP contribution < -0.4 is 10.6 Å². The molecular formula is C14H15N3O5S2. The maximum Gasteiger partial charge on any atom is 0.304 e. The summed E-state index contributed by atoms with van der Waals surface area (Å²) in [5.74, 6) is -2.02. The molecule has 1 aromatic heterocycles. The summed E-state index contributed by atoms with van der Waals surface area (Å²) in [4.78, 5) is 51.7. The minimum atomic E-state index is -1.09. The van der Waals surface area contributed by atoms with E-state index in [2.05, 4.69) is 4.98 Å². The minimum absolute atomic E-state index is 0.0275. The number of Topliss-reactive ketones (excluding diaryl/α,β-unsaturated/α-hetero) is 1. The second kappa shape index (κ2) is 7.67. The number of ketones is 1. The molecule has 10 heteroatoms. The zero-order chi connectivity index (χ0) is 17.9. The average Bonchev–Trinajstić information content (AvgIpc) is 2.78. The molecule has 1 aromatic rings. The monoisotopic (exact) mass is 369 g/mol. The fourth-order valence-corrected chi connectivity index (χ4v) is 4.87. The number of anilines is 2. The molecule has 8 nitrogen and oxygen atoms in total. The number of carboxylic acid groups (broad SMARTS) is 1. The second-order valence-electron chi connectivity index (χ2n) is 5.10. The van der Waals surface area contributed by atoms with E-state index in [1.807, 2.05) is 0 Å². The molecular weight excluding hydrogens is 354 g/mol. The number of carbonyl (C=O) groups excluding carboxylic acids is 3. The highest BCUT2D eigenvalue weighted by Crippen LogP contribution is 2.39.